The van der Waals surface area contributed by atoms with Crippen LogP contribution in [0.4, 0.5) is 4.79 Å². The summed E-state index contributed by atoms with van der Waals surface area (Å²) >= 11 is 0. The second-order valence-electron chi connectivity index (χ2n) is 8.37. The maximum atomic E-state index is 12.4. The van der Waals surface area contributed by atoms with Gasteiger partial charge in [-0.25, -0.2) is 4.79 Å². The predicted molar refractivity (Wildman–Crippen MR) is 111 cm³/mol. The summed E-state index contributed by atoms with van der Waals surface area (Å²) in [5.41, 5.74) is 2.50. The maximum absolute atomic E-state index is 12.4. The lowest BCUT2D eigenvalue weighted by Gasteiger charge is -2.33. The minimum Gasteiger partial charge on any atom is -0.453 e. The molecule has 0 bridgehead atoms. The molecule has 2 fully saturated rings. The summed E-state index contributed by atoms with van der Waals surface area (Å²) in [4.78, 5) is 14.3. The van der Waals surface area contributed by atoms with Crippen LogP contribution < -0.4 is 0 Å². The summed E-state index contributed by atoms with van der Waals surface area (Å²) < 4.78 is 11.4. The van der Waals surface area contributed by atoms with Gasteiger partial charge >= 0.3 is 6.09 Å². The first-order valence-corrected chi connectivity index (χ1v) is 10.7. The molecule has 1 aliphatic heterocycles. The molecule has 1 unspecified atom stereocenters. The average Bonchev–Trinajstić information content (AvgIpc) is 3.40. The summed E-state index contributed by atoms with van der Waals surface area (Å²) in [7, 11) is 1.45. The monoisotopic (exact) mass is 397 g/mol. The Hall–Kier alpha value is -2.34. The van der Waals surface area contributed by atoms with E-state index >= 15 is 0 Å². The third-order valence-corrected chi connectivity index (χ3v) is 6.65. The number of nitrogens with zero attached hydrogens (tertiary/aromatic N) is 2. The second kappa shape index (κ2) is 8.99. The normalized spacial score (nSPS) is 29.7. The van der Waals surface area contributed by atoms with Gasteiger partial charge in [0.05, 0.1) is 25.9 Å². The Kier molecular flexibility index (Phi) is 6.19. The smallest absolute Gasteiger partial charge is 0.410 e. The molecular formula is C23H31N3O3. The van der Waals surface area contributed by atoms with Crippen LogP contribution in [0.3, 0.4) is 0 Å². The summed E-state index contributed by atoms with van der Waals surface area (Å²) in [6.45, 7) is 2.61. The number of hydrogen-bond donors (Lipinski definition) is 1. The zero-order valence-electron chi connectivity index (χ0n) is 17.3. The highest BCUT2D eigenvalue weighted by molar-refractivity contribution is 5.69. The molecule has 1 N–H and O–H groups in total. The van der Waals surface area contributed by atoms with Crippen LogP contribution in [0, 0.1) is 0 Å². The Labute approximate surface area is 172 Å². The predicted octanol–water partition coefficient (Wildman–Crippen LogP) is 4.47. The molecule has 2 aliphatic rings. The highest BCUT2D eigenvalue weighted by Crippen LogP contribution is 2.39. The molecule has 1 saturated heterocycles. The van der Waals surface area contributed by atoms with Crippen LogP contribution in [0.5, 0.6) is 0 Å². The number of aromatic amines is 1. The minimum absolute atomic E-state index is 0.0373. The molecule has 0 radical (unpaired) electrons. The van der Waals surface area contributed by atoms with Gasteiger partial charge in [-0.2, -0.15) is 5.10 Å². The molecule has 156 valence electrons. The zero-order chi connectivity index (χ0) is 20.2. The first kappa shape index (κ1) is 20.0. The summed E-state index contributed by atoms with van der Waals surface area (Å²) in [5, 5.41) is 7.19. The molecule has 1 amide bonds. The molecule has 29 heavy (non-hydrogen) atoms. The van der Waals surface area contributed by atoms with Crippen molar-refractivity contribution in [1.29, 1.82) is 0 Å². The van der Waals surface area contributed by atoms with E-state index in [1.165, 1.54) is 12.7 Å². The molecule has 4 rings (SSSR count). The van der Waals surface area contributed by atoms with E-state index < -0.39 is 0 Å². The highest BCUT2D eigenvalue weighted by atomic mass is 16.5. The molecular weight excluding hydrogens is 366 g/mol. The fraction of sp³-hybridized carbons (Fsp3) is 0.565. The Morgan fingerprint density at radius 1 is 1.17 bits per heavy atom. The van der Waals surface area contributed by atoms with Gasteiger partial charge in [-0.15, -0.1) is 0 Å². The average molecular weight is 398 g/mol. The Balaban J connectivity index is 1.38. The van der Waals surface area contributed by atoms with E-state index in [-0.39, 0.29) is 30.2 Å². The van der Waals surface area contributed by atoms with Crippen molar-refractivity contribution in [1.82, 2.24) is 15.1 Å². The number of aromatic nitrogens is 2. The first-order valence-electron chi connectivity index (χ1n) is 10.7. The number of methoxy groups -OCH3 is 1. The van der Waals surface area contributed by atoms with Crippen molar-refractivity contribution in [2.75, 3.05) is 13.7 Å². The lowest BCUT2D eigenvalue weighted by molar-refractivity contribution is -0.00844. The van der Waals surface area contributed by atoms with Crippen molar-refractivity contribution in [3.63, 3.8) is 0 Å². The van der Waals surface area contributed by atoms with Crippen molar-refractivity contribution in [3.05, 3.63) is 53.9 Å². The zero-order valence-corrected chi connectivity index (χ0v) is 17.3. The number of carbonyl (C=O) groups excluding carboxylic acids is 1. The molecule has 1 aromatic heterocycles. The molecule has 6 heteroatoms. The van der Waals surface area contributed by atoms with Crippen LogP contribution in [0.15, 0.2) is 42.6 Å². The van der Waals surface area contributed by atoms with Crippen LogP contribution in [0.2, 0.25) is 0 Å². The van der Waals surface area contributed by atoms with Gasteiger partial charge in [0.15, 0.2) is 0 Å². The highest BCUT2D eigenvalue weighted by Gasteiger charge is 2.44. The fourth-order valence-corrected chi connectivity index (χ4v) is 5.11. The molecule has 2 heterocycles. The summed E-state index contributed by atoms with van der Waals surface area (Å²) in [5.74, 6) is 0.819. The molecule has 0 spiro atoms. The Bertz CT molecular complexity index is 772. The summed E-state index contributed by atoms with van der Waals surface area (Å²) in [6, 6.07) is 12.8. The van der Waals surface area contributed by atoms with E-state index in [0.29, 0.717) is 12.5 Å². The van der Waals surface area contributed by atoms with Gasteiger partial charge in [-0.05, 0) is 56.6 Å². The van der Waals surface area contributed by atoms with Crippen molar-refractivity contribution < 1.29 is 14.3 Å². The van der Waals surface area contributed by atoms with Gasteiger partial charge in [0.1, 0.15) is 0 Å². The Morgan fingerprint density at radius 3 is 2.59 bits per heavy atom. The number of benzene rings is 1. The molecule has 2 aromatic rings. The van der Waals surface area contributed by atoms with E-state index in [1.54, 1.807) is 6.20 Å². The van der Waals surface area contributed by atoms with Gasteiger partial charge in [0.25, 0.3) is 0 Å². The number of hydrogen-bond acceptors (Lipinski definition) is 4. The van der Waals surface area contributed by atoms with Gasteiger partial charge in [-0.3, -0.25) is 10.00 Å². The first-order chi connectivity index (χ1) is 14.2. The van der Waals surface area contributed by atoms with Crippen molar-refractivity contribution in [2.24, 2.45) is 0 Å². The lowest BCUT2D eigenvalue weighted by Crippen LogP contribution is -2.44. The van der Waals surface area contributed by atoms with Gasteiger partial charge in [0.2, 0.25) is 0 Å². The van der Waals surface area contributed by atoms with Crippen LogP contribution in [-0.4, -0.2) is 53.1 Å². The SMILES string of the molecule is COC(=O)N1[C@H](C)CC(c2ccn[nH]2)[C@@H]1COC1CCC(c2ccccc2)CC1. The second-order valence-corrected chi connectivity index (χ2v) is 8.37. The number of nitrogens with one attached hydrogen (secondary N) is 1. The van der Waals surface area contributed by atoms with E-state index in [9.17, 15) is 4.79 Å². The minimum atomic E-state index is -0.277. The van der Waals surface area contributed by atoms with Crippen molar-refractivity contribution >= 4 is 6.09 Å². The quantitative estimate of drug-likeness (QED) is 0.809. The third-order valence-electron chi connectivity index (χ3n) is 6.65. The number of ether oxygens (including phenoxy) is 2. The van der Waals surface area contributed by atoms with Crippen LogP contribution in [0.1, 0.15) is 62.1 Å². The Morgan fingerprint density at radius 2 is 1.93 bits per heavy atom. The fourth-order valence-electron chi connectivity index (χ4n) is 5.11. The number of amides is 1. The number of likely N-dealkylation sites (tertiary alicyclic amines) is 1. The third kappa shape index (κ3) is 4.32. The summed E-state index contributed by atoms with van der Waals surface area (Å²) in [6.07, 6.45) is 7.06. The van der Waals surface area contributed by atoms with E-state index in [4.69, 9.17) is 9.47 Å². The number of carbonyl (C=O) groups is 1. The standard InChI is InChI=1S/C23H31N3O3/c1-16-14-20(21-12-13-24-25-21)22(26(16)23(27)28-2)15-29-19-10-8-18(9-11-19)17-6-4-3-5-7-17/h3-7,12-13,16,18-20,22H,8-11,14-15H2,1-2H3,(H,24,25)/t16-,18?,19?,20?,22+/m1/s1. The van der Waals surface area contributed by atoms with Crippen molar-refractivity contribution in [3.8, 4) is 0 Å². The number of H-pyrrole nitrogens is 1. The number of rotatable bonds is 5. The maximum Gasteiger partial charge on any atom is 0.410 e. The molecule has 1 aromatic carbocycles. The topological polar surface area (TPSA) is 67.5 Å². The molecule has 3 atom stereocenters. The van der Waals surface area contributed by atoms with E-state index in [2.05, 4.69) is 47.5 Å². The van der Waals surface area contributed by atoms with Gasteiger partial charge in [0, 0.05) is 23.9 Å². The van der Waals surface area contributed by atoms with E-state index in [1.807, 2.05) is 11.0 Å². The van der Waals surface area contributed by atoms with Crippen LogP contribution in [-0.2, 0) is 9.47 Å². The largest absolute Gasteiger partial charge is 0.453 e. The van der Waals surface area contributed by atoms with Gasteiger partial charge in [-0.1, -0.05) is 30.3 Å². The van der Waals surface area contributed by atoms with E-state index in [0.717, 1.165) is 37.8 Å². The molecule has 1 saturated carbocycles. The van der Waals surface area contributed by atoms with Crippen molar-refractivity contribution in [2.45, 2.75) is 69.1 Å². The molecule has 1 aliphatic carbocycles. The van der Waals surface area contributed by atoms with Crippen LogP contribution >= 0.6 is 0 Å². The molecule has 6 nitrogen and oxygen atoms in total. The van der Waals surface area contributed by atoms with Crippen LogP contribution in [0.25, 0.3) is 0 Å². The lowest BCUT2D eigenvalue weighted by atomic mass is 9.83. The van der Waals surface area contributed by atoms with Gasteiger partial charge < -0.3 is 9.47 Å².